The topological polar surface area (TPSA) is 69.2 Å². The number of fused-ring (bicyclic) bond motifs is 1. The van der Waals surface area contributed by atoms with E-state index in [1.165, 1.54) is 19.8 Å². The minimum absolute atomic E-state index is 0.246. The minimum atomic E-state index is -0.745. The van der Waals surface area contributed by atoms with Gasteiger partial charge >= 0.3 is 5.97 Å². The summed E-state index contributed by atoms with van der Waals surface area (Å²) < 4.78 is 5.96. The fourth-order valence-electron chi connectivity index (χ4n) is 3.37. The lowest BCUT2D eigenvalue weighted by atomic mass is 9.97. The van der Waals surface area contributed by atoms with Gasteiger partial charge in [0.25, 0.3) is 0 Å². The lowest BCUT2D eigenvalue weighted by Crippen LogP contribution is -2.30. The molecule has 6 nitrogen and oxygen atoms in total. The fourth-order valence-corrected chi connectivity index (χ4v) is 3.78. The van der Waals surface area contributed by atoms with Crippen LogP contribution in [0.1, 0.15) is 40.3 Å². The van der Waals surface area contributed by atoms with Crippen LogP contribution in [0, 0.1) is 6.92 Å². The number of hydrogen-bond donors (Lipinski definition) is 1. The molecule has 1 atom stereocenters. The molecule has 0 radical (unpaired) electrons. The molecule has 1 aliphatic rings. The molecule has 1 unspecified atom stereocenters. The van der Waals surface area contributed by atoms with Crippen molar-refractivity contribution in [1.29, 1.82) is 0 Å². The van der Waals surface area contributed by atoms with E-state index in [1.54, 1.807) is 0 Å². The van der Waals surface area contributed by atoms with E-state index in [4.69, 9.17) is 14.4 Å². The Bertz CT molecular complexity index is 898. The van der Waals surface area contributed by atoms with Gasteiger partial charge in [-0.05, 0) is 48.6 Å². The number of carbonyl (C=O) groups is 1. The molecule has 0 saturated carbocycles. The van der Waals surface area contributed by atoms with E-state index in [0.717, 1.165) is 45.3 Å². The van der Waals surface area contributed by atoms with Crippen LogP contribution in [0.5, 0.6) is 0 Å². The number of nitrogens with zero attached hydrogens (tertiary/aromatic N) is 1. The summed E-state index contributed by atoms with van der Waals surface area (Å²) in [5.41, 5.74) is 8.65. The highest BCUT2D eigenvalue weighted by Gasteiger charge is 2.25. The first-order valence-corrected chi connectivity index (χ1v) is 9.76. The summed E-state index contributed by atoms with van der Waals surface area (Å²) in [6.07, 6.45) is 1.80. The first-order chi connectivity index (χ1) is 13.5. The number of nitrogens with one attached hydrogen (secondary N) is 1. The number of oxime groups is 1. The number of rotatable bonds is 7. The average molecular weight is 447 g/mol. The first-order valence-electron chi connectivity index (χ1n) is 8.97. The van der Waals surface area contributed by atoms with Crippen molar-refractivity contribution in [3.05, 3.63) is 68.7 Å². The molecule has 0 heterocycles. The molecule has 7 heteroatoms. The predicted octanol–water partition coefficient (Wildman–Crippen LogP) is 3.99. The van der Waals surface area contributed by atoms with E-state index in [1.807, 2.05) is 31.2 Å². The number of hydrogen-bond acceptors (Lipinski definition) is 6. The van der Waals surface area contributed by atoms with Gasteiger partial charge in [0.05, 0.1) is 19.9 Å². The molecule has 2 aromatic rings. The molecule has 0 amide bonds. The summed E-state index contributed by atoms with van der Waals surface area (Å²) in [5, 5.41) is 4.38. The maximum atomic E-state index is 12.2. The van der Waals surface area contributed by atoms with E-state index >= 15 is 0 Å². The monoisotopic (exact) mass is 446 g/mol. The second-order valence-electron chi connectivity index (χ2n) is 6.53. The van der Waals surface area contributed by atoms with Crippen LogP contribution >= 0.6 is 15.9 Å². The van der Waals surface area contributed by atoms with Gasteiger partial charge in [0.1, 0.15) is 6.61 Å². The Morgan fingerprint density at radius 1 is 1.25 bits per heavy atom. The summed E-state index contributed by atoms with van der Waals surface area (Å²) in [6.45, 7) is 2.22. The molecule has 2 aromatic carbocycles. The van der Waals surface area contributed by atoms with E-state index in [2.05, 4.69) is 38.7 Å². The molecule has 0 fully saturated rings. The van der Waals surface area contributed by atoms with Gasteiger partial charge in [0.2, 0.25) is 0 Å². The van der Waals surface area contributed by atoms with Crippen molar-refractivity contribution in [3.8, 4) is 0 Å². The normalized spacial score (nSPS) is 15.4. The Hall–Kier alpha value is -2.22. The Labute approximate surface area is 172 Å². The summed E-state index contributed by atoms with van der Waals surface area (Å²) in [4.78, 5) is 22.9. The predicted molar refractivity (Wildman–Crippen MR) is 110 cm³/mol. The van der Waals surface area contributed by atoms with Crippen LogP contribution in [0.4, 0.5) is 0 Å². The number of halogens is 1. The van der Waals surface area contributed by atoms with Crippen LogP contribution < -0.4 is 5.48 Å². The van der Waals surface area contributed by atoms with Crippen molar-refractivity contribution in [2.24, 2.45) is 5.16 Å². The van der Waals surface area contributed by atoms with Crippen LogP contribution in [-0.2, 0) is 32.2 Å². The highest BCUT2D eigenvalue weighted by molar-refractivity contribution is 9.10. The minimum Gasteiger partial charge on any atom is -0.468 e. The Morgan fingerprint density at radius 3 is 2.82 bits per heavy atom. The summed E-state index contributed by atoms with van der Waals surface area (Å²) >= 11 is 3.50. The van der Waals surface area contributed by atoms with Crippen molar-refractivity contribution >= 4 is 27.6 Å². The van der Waals surface area contributed by atoms with Crippen molar-refractivity contribution in [1.82, 2.24) is 5.48 Å². The first kappa shape index (κ1) is 20.5. The zero-order valence-electron chi connectivity index (χ0n) is 16.1. The Morgan fingerprint density at radius 2 is 2.07 bits per heavy atom. The quantitative estimate of drug-likeness (QED) is 0.514. The largest absolute Gasteiger partial charge is 0.468 e. The molecule has 1 aliphatic carbocycles. The van der Waals surface area contributed by atoms with Gasteiger partial charge in [-0.1, -0.05) is 45.4 Å². The lowest BCUT2D eigenvalue weighted by molar-refractivity contribution is -0.147. The number of methoxy groups -OCH3 is 1. The van der Waals surface area contributed by atoms with E-state index in [9.17, 15) is 4.79 Å². The third-order valence-corrected chi connectivity index (χ3v) is 5.32. The molecule has 148 valence electrons. The molecule has 3 rings (SSSR count). The molecular weight excluding hydrogens is 424 g/mol. The second-order valence-corrected chi connectivity index (χ2v) is 7.45. The molecule has 0 aromatic heterocycles. The second kappa shape index (κ2) is 9.32. The van der Waals surface area contributed by atoms with Crippen LogP contribution in [0.15, 0.2) is 46.0 Å². The Balaban J connectivity index is 1.81. The number of aryl methyl sites for hydroxylation is 2. The number of benzene rings is 2. The fraction of sp³-hybridized carbons (Fsp3) is 0.333. The molecule has 0 bridgehead atoms. The standard InChI is InChI=1S/C21H23BrN2O4/c1-13-5-4-6-17(20(24-27-3)21(25)26-2)18(13)12-28-23-19-10-7-14-11-15(22)8-9-16(14)19/h4-6,8-9,11,20,24H,7,10,12H2,1-3H3/b23-19+. The van der Waals surface area contributed by atoms with Gasteiger partial charge in [-0.25, -0.2) is 4.79 Å². The highest BCUT2D eigenvalue weighted by Crippen LogP contribution is 2.27. The van der Waals surface area contributed by atoms with Gasteiger partial charge in [-0.15, -0.1) is 0 Å². The highest BCUT2D eigenvalue weighted by atomic mass is 79.9. The summed E-state index contributed by atoms with van der Waals surface area (Å²) in [6, 6.07) is 11.2. The Kier molecular flexibility index (Phi) is 6.83. The van der Waals surface area contributed by atoms with Gasteiger partial charge in [-0.3, -0.25) is 0 Å². The molecule has 28 heavy (non-hydrogen) atoms. The third kappa shape index (κ3) is 4.43. The number of carbonyl (C=O) groups excluding carboxylic acids is 1. The number of ether oxygens (including phenoxy) is 1. The van der Waals surface area contributed by atoms with Crippen molar-refractivity contribution < 1.29 is 19.2 Å². The van der Waals surface area contributed by atoms with E-state index < -0.39 is 12.0 Å². The summed E-state index contributed by atoms with van der Waals surface area (Å²) in [5.74, 6) is -0.435. The van der Waals surface area contributed by atoms with Crippen LogP contribution in [-0.4, -0.2) is 25.9 Å². The lowest BCUT2D eigenvalue weighted by Gasteiger charge is -2.19. The zero-order chi connectivity index (χ0) is 20.1. The molecule has 1 N–H and O–H groups in total. The van der Waals surface area contributed by atoms with Crippen LogP contribution in [0.3, 0.4) is 0 Å². The maximum absolute atomic E-state index is 12.2. The van der Waals surface area contributed by atoms with Gasteiger partial charge in [-0.2, -0.15) is 5.48 Å². The van der Waals surface area contributed by atoms with Gasteiger partial charge in [0, 0.05) is 15.6 Å². The number of esters is 1. The number of hydroxylamine groups is 1. The van der Waals surface area contributed by atoms with E-state index in [-0.39, 0.29) is 6.61 Å². The van der Waals surface area contributed by atoms with Crippen molar-refractivity contribution in [3.63, 3.8) is 0 Å². The smallest absolute Gasteiger partial charge is 0.329 e. The average Bonchev–Trinajstić information content (AvgIpc) is 3.09. The zero-order valence-corrected chi connectivity index (χ0v) is 17.7. The molecule has 0 saturated heterocycles. The van der Waals surface area contributed by atoms with E-state index in [0.29, 0.717) is 0 Å². The van der Waals surface area contributed by atoms with Crippen LogP contribution in [0.25, 0.3) is 0 Å². The summed E-state index contributed by atoms with van der Waals surface area (Å²) in [7, 11) is 2.81. The molecule has 0 spiro atoms. The third-order valence-electron chi connectivity index (χ3n) is 4.82. The SMILES string of the molecule is CONC(C(=O)OC)c1cccc(C)c1CO/N=C1\CCc2cc(Br)ccc21. The molecule has 0 aliphatic heterocycles. The van der Waals surface area contributed by atoms with Crippen molar-refractivity contribution in [2.45, 2.75) is 32.4 Å². The van der Waals surface area contributed by atoms with Gasteiger partial charge < -0.3 is 14.4 Å². The van der Waals surface area contributed by atoms with Crippen molar-refractivity contribution in [2.75, 3.05) is 14.2 Å². The molecular formula is C21H23BrN2O4. The van der Waals surface area contributed by atoms with Crippen LogP contribution in [0.2, 0.25) is 0 Å². The maximum Gasteiger partial charge on any atom is 0.329 e. The van der Waals surface area contributed by atoms with Gasteiger partial charge in [0.15, 0.2) is 6.04 Å².